The topological polar surface area (TPSA) is 50.9 Å². The Hall–Kier alpha value is -1.09. The molecule has 3 atom stereocenters. The maximum Gasteiger partial charge on any atom is 0.0378 e. The Morgan fingerprint density at radius 1 is 1.40 bits per heavy atom. The summed E-state index contributed by atoms with van der Waals surface area (Å²) in [6, 6.07) is 2.47. The van der Waals surface area contributed by atoms with Crippen LogP contribution < -0.4 is 11.1 Å². The van der Waals surface area contributed by atoms with E-state index in [1.54, 1.807) is 6.20 Å². The maximum atomic E-state index is 6.08. The molecule has 0 radical (unpaired) electrons. The van der Waals surface area contributed by atoms with Crippen LogP contribution in [-0.4, -0.2) is 17.6 Å². The molecule has 1 saturated carbocycles. The SMILES string of the molecule is CCCNC(Cc1cnccc1N)C1CCC(CC)C1. The molecule has 1 aromatic rings. The summed E-state index contributed by atoms with van der Waals surface area (Å²) in [5, 5.41) is 3.75. The molecular formula is C17H29N3. The van der Waals surface area contributed by atoms with Gasteiger partial charge in [0.25, 0.3) is 0 Å². The van der Waals surface area contributed by atoms with Gasteiger partial charge < -0.3 is 11.1 Å². The third kappa shape index (κ3) is 3.95. The Morgan fingerprint density at radius 3 is 2.90 bits per heavy atom. The molecule has 112 valence electrons. The summed E-state index contributed by atoms with van der Waals surface area (Å²) < 4.78 is 0. The number of pyridine rings is 1. The number of anilines is 1. The van der Waals surface area contributed by atoms with Gasteiger partial charge in [-0.3, -0.25) is 4.98 Å². The third-order valence-electron chi connectivity index (χ3n) is 4.77. The van der Waals surface area contributed by atoms with Crippen LogP contribution in [0.2, 0.25) is 0 Å². The molecular weight excluding hydrogens is 246 g/mol. The fourth-order valence-corrected chi connectivity index (χ4v) is 3.43. The Labute approximate surface area is 123 Å². The molecule has 1 fully saturated rings. The largest absolute Gasteiger partial charge is 0.398 e. The molecule has 1 aliphatic carbocycles. The van der Waals surface area contributed by atoms with E-state index >= 15 is 0 Å². The third-order valence-corrected chi connectivity index (χ3v) is 4.77. The number of rotatable bonds is 7. The van der Waals surface area contributed by atoms with Crippen LogP contribution in [0.3, 0.4) is 0 Å². The van der Waals surface area contributed by atoms with Crippen LogP contribution in [0.5, 0.6) is 0 Å². The van der Waals surface area contributed by atoms with E-state index in [2.05, 4.69) is 24.1 Å². The smallest absolute Gasteiger partial charge is 0.0378 e. The minimum absolute atomic E-state index is 0.554. The van der Waals surface area contributed by atoms with E-state index in [0.717, 1.165) is 30.5 Å². The van der Waals surface area contributed by atoms with Crippen LogP contribution in [0.1, 0.15) is 51.5 Å². The van der Waals surface area contributed by atoms with Crippen molar-refractivity contribution in [3.8, 4) is 0 Å². The number of nitrogens with two attached hydrogens (primary N) is 1. The number of nitrogens with zero attached hydrogens (tertiary/aromatic N) is 1. The molecule has 1 aromatic heterocycles. The average molecular weight is 275 g/mol. The zero-order chi connectivity index (χ0) is 14.4. The van der Waals surface area contributed by atoms with Crippen molar-refractivity contribution in [2.45, 2.75) is 58.4 Å². The van der Waals surface area contributed by atoms with Crippen LogP contribution >= 0.6 is 0 Å². The zero-order valence-corrected chi connectivity index (χ0v) is 12.9. The molecule has 3 N–H and O–H groups in total. The van der Waals surface area contributed by atoms with Gasteiger partial charge in [-0.2, -0.15) is 0 Å². The molecule has 3 heteroatoms. The van der Waals surface area contributed by atoms with Crippen molar-refractivity contribution >= 4 is 5.69 Å². The molecule has 1 aliphatic rings. The fourth-order valence-electron chi connectivity index (χ4n) is 3.43. The minimum atomic E-state index is 0.554. The van der Waals surface area contributed by atoms with E-state index in [1.165, 1.54) is 37.7 Å². The lowest BCUT2D eigenvalue weighted by Crippen LogP contribution is -2.38. The second kappa shape index (κ2) is 7.63. The highest BCUT2D eigenvalue weighted by molar-refractivity contribution is 5.44. The summed E-state index contributed by atoms with van der Waals surface area (Å²) in [4.78, 5) is 4.23. The molecule has 0 amide bonds. The van der Waals surface area contributed by atoms with Gasteiger partial charge in [-0.25, -0.2) is 0 Å². The molecule has 0 bridgehead atoms. The van der Waals surface area contributed by atoms with Gasteiger partial charge >= 0.3 is 0 Å². The number of hydrogen-bond donors (Lipinski definition) is 2. The monoisotopic (exact) mass is 275 g/mol. The van der Waals surface area contributed by atoms with Crippen molar-refractivity contribution in [3.05, 3.63) is 24.0 Å². The van der Waals surface area contributed by atoms with Crippen molar-refractivity contribution < 1.29 is 0 Å². The Balaban J connectivity index is 2.02. The standard InChI is InChI=1S/C17H29N3/c1-3-8-20-17(14-6-5-13(4-2)10-14)11-15-12-19-9-7-16(15)18/h7,9,12-14,17,20H,3-6,8,10-11H2,1-2H3,(H2,18,19). The molecule has 3 nitrogen and oxygen atoms in total. The number of aromatic nitrogens is 1. The number of hydrogen-bond acceptors (Lipinski definition) is 3. The van der Waals surface area contributed by atoms with Gasteiger partial charge in [-0.1, -0.05) is 26.7 Å². The molecule has 0 aliphatic heterocycles. The Kier molecular flexibility index (Phi) is 5.84. The van der Waals surface area contributed by atoms with E-state index in [9.17, 15) is 0 Å². The van der Waals surface area contributed by atoms with E-state index in [0.29, 0.717) is 6.04 Å². The van der Waals surface area contributed by atoms with Crippen LogP contribution in [0, 0.1) is 11.8 Å². The van der Waals surface area contributed by atoms with Gasteiger partial charge in [-0.05, 0) is 55.7 Å². The van der Waals surface area contributed by atoms with Gasteiger partial charge in [0.05, 0.1) is 0 Å². The number of nitrogen functional groups attached to an aromatic ring is 1. The first kappa shape index (κ1) is 15.3. The summed E-state index contributed by atoms with van der Waals surface area (Å²) in [6.45, 7) is 5.64. The molecule has 1 heterocycles. The van der Waals surface area contributed by atoms with Crippen molar-refractivity contribution in [1.29, 1.82) is 0 Å². The van der Waals surface area contributed by atoms with Crippen LogP contribution in [0.25, 0.3) is 0 Å². The van der Waals surface area contributed by atoms with E-state index in [4.69, 9.17) is 5.73 Å². The molecule has 20 heavy (non-hydrogen) atoms. The summed E-state index contributed by atoms with van der Waals surface area (Å²) in [5.74, 6) is 1.73. The predicted octanol–water partition coefficient (Wildman–Crippen LogP) is 3.40. The van der Waals surface area contributed by atoms with E-state index < -0.39 is 0 Å². The lowest BCUT2D eigenvalue weighted by Gasteiger charge is -2.25. The fraction of sp³-hybridized carbons (Fsp3) is 0.706. The minimum Gasteiger partial charge on any atom is -0.398 e. The molecule has 0 spiro atoms. The highest BCUT2D eigenvalue weighted by atomic mass is 14.9. The van der Waals surface area contributed by atoms with Crippen LogP contribution in [0.4, 0.5) is 5.69 Å². The second-order valence-electron chi connectivity index (χ2n) is 6.19. The first-order valence-electron chi connectivity index (χ1n) is 8.16. The van der Waals surface area contributed by atoms with Crippen molar-refractivity contribution in [2.24, 2.45) is 11.8 Å². The van der Waals surface area contributed by atoms with Gasteiger partial charge in [0.15, 0.2) is 0 Å². The first-order chi connectivity index (χ1) is 9.74. The second-order valence-corrected chi connectivity index (χ2v) is 6.19. The first-order valence-corrected chi connectivity index (χ1v) is 8.16. The molecule has 2 rings (SSSR count). The van der Waals surface area contributed by atoms with Gasteiger partial charge in [0, 0.05) is 24.1 Å². The van der Waals surface area contributed by atoms with Gasteiger partial charge in [0.1, 0.15) is 0 Å². The zero-order valence-electron chi connectivity index (χ0n) is 12.9. The van der Waals surface area contributed by atoms with Crippen LogP contribution in [0.15, 0.2) is 18.5 Å². The molecule has 3 unspecified atom stereocenters. The predicted molar refractivity (Wildman–Crippen MR) is 85.6 cm³/mol. The highest BCUT2D eigenvalue weighted by Crippen LogP contribution is 2.36. The van der Waals surface area contributed by atoms with E-state index in [1.807, 2.05) is 12.3 Å². The lowest BCUT2D eigenvalue weighted by molar-refractivity contribution is 0.344. The lowest BCUT2D eigenvalue weighted by atomic mass is 9.91. The normalized spacial score (nSPS) is 23.9. The van der Waals surface area contributed by atoms with Crippen LogP contribution in [-0.2, 0) is 6.42 Å². The average Bonchev–Trinajstić information content (AvgIpc) is 2.94. The summed E-state index contributed by atoms with van der Waals surface area (Å²) in [6.07, 6.45) is 11.4. The Bertz CT molecular complexity index is 405. The van der Waals surface area contributed by atoms with Gasteiger partial charge in [0.2, 0.25) is 0 Å². The molecule has 0 saturated heterocycles. The van der Waals surface area contributed by atoms with Crippen molar-refractivity contribution in [3.63, 3.8) is 0 Å². The van der Waals surface area contributed by atoms with Crippen molar-refractivity contribution in [2.75, 3.05) is 12.3 Å². The maximum absolute atomic E-state index is 6.08. The molecule has 0 aromatic carbocycles. The summed E-state index contributed by atoms with van der Waals surface area (Å²) in [7, 11) is 0. The summed E-state index contributed by atoms with van der Waals surface area (Å²) >= 11 is 0. The highest BCUT2D eigenvalue weighted by Gasteiger charge is 2.30. The number of nitrogens with one attached hydrogen (secondary N) is 1. The van der Waals surface area contributed by atoms with E-state index in [-0.39, 0.29) is 0 Å². The summed E-state index contributed by atoms with van der Waals surface area (Å²) in [5.41, 5.74) is 8.16. The van der Waals surface area contributed by atoms with Crippen molar-refractivity contribution in [1.82, 2.24) is 10.3 Å². The Morgan fingerprint density at radius 2 is 2.25 bits per heavy atom. The van der Waals surface area contributed by atoms with Gasteiger partial charge in [-0.15, -0.1) is 0 Å². The quantitative estimate of drug-likeness (QED) is 0.802.